The third kappa shape index (κ3) is 4.70. The lowest BCUT2D eigenvalue weighted by atomic mass is 10.2. The van der Waals surface area contributed by atoms with Crippen LogP contribution in [0.4, 0.5) is 0 Å². The van der Waals surface area contributed by atoms with E-state index >= 15 is 0 Å². The van der Waals surface area contributed by atoms with Gasteiger partial charge in [0, 0.05) is 17.5 Å². The molecule has 2 aromatic carbocycles. The molecule has 0 atom stereocenters. The van der Waals surface area contributed by atoms with Crippen molar-refractivity contribution in [3.05, 3.63) is 65.2 Å². The Bertz CT molecular complexity index is 966. The molecule has 1 amide bonds. The van der Waals surface area contributed by atoms with Crippen molar-refractivity contribution < 1.29 is 14.3 Å². The van der Waals surface area contributed by atoms with Gasteiger partial charge in [-0.15, -0.1) is 11.3 Å². The molecule has 1 aliphatic carbocycles. The van der Waals surface area contributed by atoms with Crippen molar-refractivity contribution in [2.45, 2.75) is 19.4 Å². The van der Waals surface area contributed by atoms with Gasteiger partial charge >= 0.3 is 0 Å². The van der Waals surface area contributed by atoms with Crippen LogP contribution < -0.4 is 14.8 Å². The summed E-state index contributed by atoms with van der Waals surface area (Å²) in [7, 11) is 1.65. The normalized spacial score (nSPS) is 13.2. The fourth-order valence-corrected chi connectivity index (χ4v) is 3.61. The number of thiazole rings is 1. The Hall–Kier alpha value is -2.86. The maximum Gasteiger partial charge on any atom is 0.270 e. The number of benzene rings is 2. The quantitative estimate of drug-likeness (QED) is 0.609. The van der Waals surface area contributed by atoms with Gasteiger partial charge in [0.25, 0.3) is 5.91 Å². The highest BCUT2D eigenvalue weighted by atomic mass is 32.1. The van der Waals surface area contributed by atoms with Crippen LogP contribution in [0.25, 0.3) is 10.6 Å². The third-order valence-corrected chi connectivity index (χ3v) is 5.50. The number of nitrogens with zero attached hydrogens (tertiary/aromatic N) is 1. The van der Waals surface area contributed by atoms with Crippen LogP contribution in [0.15, 0.2) is 53.9 Å². The molecule has 3 aromatic rings. The third-order valence-electron chi connectivity index (χ3n) is 4.61. The molecule has 5 nitrogen and oxygen atoms in total. The Morgan fingerprint density at radius 1 is 1.18 bits per heavy atom. The van der Waals surface area contributed by atoms with E-state index in [1.807, 2.05) is 48.5 Å². The molecule has 1 fully saturated rings. The fourth-order valence-electron chi connectivity index (χ4n) is 2.81. The molecule has 0 aliphatic heterocycles. The van der Waals surface area contributed by atoms with E-state index in [2.05, 4.69) is 10.3 Å². The molecule has 1 N–H and O–H groups in total. The number of rotatable bonds is 8. The highest BCUT2D eigenvalue weighted by Crippen LogP contribution is 2.29. The molecule has 0 saturated heterocycles. The molecule has 1 saturated carbocycles. The number of nitrogens with one attached hydrogen (secondary N) is 1. The zero-order chi connectivity index (χ0) is 19.3. The number of carbonyl (C=O) groups excluding carboxylic acids is 1. The van der Waals surface area contributed by atoms with Crippen molar-refractivity contribution in [3.8, 4) is 22.1 Å². The lowest BCUT2D eigenvalue weighted by Crippen LogP contribution is -2.25. The Balaban J connectivity index is 1.41. The fraction of sp³-hybridized carbons (Fsp3) is 0.273. The summed E-state index contributed by atoms with van der Waals surface area (Å²) in [5.41, 5.74) is 2.45. The summed E-state index contributed by atoms with van der Waals surface area (Å²) in [5, 5.41) is 5.57. The highest BCUT2D eigenvalue weighted by molar-refractivity contribution is 7.13. The lowest BCUT2D eigenvalue weighted by molar-refractivity contribution is 0.0947. The molecular formula is C22H22N2O3S. The molecule has 0 unspecified atom stereocenters. The summed E-state index contributed by atoms with van der Waals surface area (Å²) in [4.78, 5) is 16.7. The summed E-state index contributed by atoms with van der Waals surface area (Å²) in [5.74, 6) is 2.13. The van der Waals surface area contributed by atoms with Crippen LogP contribution in [0.1, 0.15) is 28.9 Å². The minimum Gasteiger partial charge on any atom is -0.497 e. The van der Waals surface area contributed by atoms with E-state index in [0.717, 1.165) is 34.2 Å². The standard InChI is InChI=1S/C22H22N2O3S/c1-26-18-6-2-4-16(10-18)13-27-19-7-3-5-17(11-19)22-24-20(14-28-22)21(25)23-12-15-8-9-15/h2-7,10-11,14-15H,8-9,12-13H2,1H3,(H,23,25). The average Bonchev–Trinajstić information content (AvgIpc) is 3.44. The van der Waals surface area contributed by atoms with Crippen LogP contribution >= 0.6 is 11.3 Å². The maximum atomic E-state index is 12.2. The second-order valence-corrected chi connectivity index (χ2v) is 7.72. The molecule has 1 aliphatic rings. The Morgan fingerprint density at radius 2 is 2.00 bits per heavy atom. The first-order valence-electron chi connectivity index (χ1n) is 9.31. The second-order valence-electron chi connectivity index (χ2n) is 6.86. The number of hydrogen-bond acceptors (Lipinski definition) is 5. The van der Waals surface area contributed by atoms with Gasteiger partial charge in [-0.2, -0.15) is 0 Å². The van der Waals surface area contributed by atoms with Gasteiger partial charge < -0.3 is 14.8 Å². The number of ether oxygens (including phenoxy) is 2. The van der Waals surface area contributed by atoms with Gasteiger partial charge in [0.2, 0.25) is 0 Å². The first kappa shape index (κ1) is 18.5. The largest absolute Gasteiger partial charge is 0.497 e. The molecule has 6 heteroatoms. The minimum absolute atomic E-state index is 0.0974. The number of methoxy groups -OCH3 is 1. The number of aromatic nitrogens is 1. The second kappa shape index (κ2) is 8.44. The lowest BCUT2D eigenvalue weighted by Gasteiger charge is -2.08. The predicted octanol–water partition coefficient (Wildman–Crippen LogP) is 4.54. The molecular weight excluding hydrogens is 372 g/mol. The Labute approximate surface area is 168 Å². The van der Waals surface area contributed by atoms with Gasteiger partial charge in [0.1, 0.15) is 28.8 Å². The number of hydrogen-bond donors (Lipinski definition) is 1. The monoisotopic (exact) mass is 394 g/mol. The van der Waals surface area contributed by atoms with E-state index in [9.17, 15) is 4.79 Å². The van der Waals surface area contributed by atoms with E-state index in [1.54, 1.807) is 12.5 Å². The van der Waals surface area contributed by atoms with E-state index < -0.39 is 0 Å². The molecule has 28 heavy (non-hydrogen) atoms. The van der Waals surface area contributed by atoms with Crippen molar-refractivity contribution in [3.63, 3.8) is 0 Å². The van der Waals surface area contributed by atoms with Gasteiger partial charge in [-0.05, 0) is 48.6 Å². The topological polar surface area (TPSA) is 60.5 Å². The van der Waals surface area contributed by atoms with Crippen LogP contribution in [0.3, 0.4) is 0 Å². The molecule has 0 bridgehead atoms. The first-order valence-corrected chi connectivity index (χ1v) is 10.2. The van der Waals surface area contributed by atoms with E-state index in [4.69, 9.17) is 9.47 Å². The Morgan fingerprint density at radius 3 is 2.82 bits per heavy atom. The molecule has 0 radical (unpaired) electrons. The summed E-state index contributed by atoms with van der Waals surface area (Å²) < 4.78 is 11.2. The van der Waals surface area contributed by atoms with Crippen molar-refractivity contribution in [1.82, 2.24) is 10.3 Å². The highest BCUT2D eigenvalue weighted by Gasteiger charge is 2.22. The van der Waals surface area contributed by atoms with Gasteiger partial charge in [0.15, 0.2) is 0 Å². The van der Waals surface area contributed by atoms with Crippen molar-refractivity contribution in [1.29, 1.82) is 0 Å². The summed E-state index contributed by atoms with van der Waals surface area (Å²) >= 11 is 1.46. The zero-order valence-corrected chi connectivity index (χ0v) is 16.5. The molecule has 144 valence electrons. The average molecular weight is 394 g/mol. The zero-order valence-electron chi connectivity index (χ0n) is 15.7. The van der Waals surface area contributed by atoms with Crippen LogP contribution in [0.5, 0.6) is 11.5 Å². The molecule has 0 spiro atoms. The van der Waals surface area contributed by atoms with Gasteiger partial charge in [-0.3, -0.25) is 4.79 Å². The van der Waals surface area contributed by atoms with E-state index in [1.165, 1.54) is 24.2 Å². The van der Waals surface area contributed by atoms with Crippen LogP contribution in [-0.2, 0) is 6.61 Å². The van der Waals surface area contributed by atoms with Gasteiger partial charge in [0.05, 0.1) is 7.11 Å². The molecule has 1 aromatic heterocycles. The van der Waals surface area contributed by atoms with Crippen LogP contribution in [0.2, 0.25) is 0 Å². The SMILES string of the molecule is COc1cccc(COc2cccc(-c3nc(C(=O)NCC4CC4)cs3)c2)c1. The van der Waals surface area contributed by atoms with Crippen molar-refractivity contribution in [2.24, 2.45) is 5.92 Å². The van der Waals surface area contributed by atoms with Crippen molar-refractivity contribution in [2.75, 3.05) is 13.7 Å². The number of carbonyl (C=O) groups is 1. The van der Waals surface area contributed by atoms with E-state index in [-0.39, 0.29) is 5.91 Å². The van der Waals surface area contributed by atoms with Gasteiger partial charge in [-0.25, -0.2) is 4.98 Å². The minimum atomic E-state index is -0.0974. The van der Waals surface area contributed by atoms with Crippen molar-refractivity contribution >= 4 is 17.2 Å². The number of amides is 1. The first-order chi connectivity index (χ1) is 13.7. The van der Waals surface area contributed by atoms with Crippen LogP contribution in [-0.4, -0.2) is 24.5 Å². The molecule has 4 rings (SSSR count). The summed E-state index contributed by atoms with van der Waals surface area (Å²) in [6.07, 6.45) is 2.43. The molecule has 1 heterocycles. The maximum absolute atomic E-state index is 12.2. The smallest absolute Gasteiger partial charge is 0.270 e. The summed E-state index contributed by atoms with van der Waals surface area (Å²) in [6, 6.07) is 15.6. The van der Waals surface area contributed by atoms with E-state index in [0.29, 0.717) is 18.2 Å². The van der Waals surface area contributed by atoms with Crippen LogP contribution in [0, 0.1) is 5.92 Å². The Kier molecular flexibility index (Phi) is 5.58. The summed E-state index contributed by atoms with van der Waals surface area (Å²) in [6.45, 7) is 1.20. The predicted molar refractivity (Wildman–Crippen MR) is 110 cm³/mol. The van der Waals surface area contributed by atoms with Gasteiger partial charge in [-0.1, -0.05) is 24.3 Å².